The minimum Gasteiger partial charge on any atom is -0.479 e. The van der Waals surface area contributed by atoms with Crippen LogP contribution in [-0.4, -0.2) is 39.8 Å². The molecule has 0 bridgehead atoms. The second-order valence-electron chi connectivity index (χ2n) is 5.56. The highest BCUT2D eigenvalue weighted by atomic mass is 16.6. The summed E-state index contributed by atoms with van der Waals surface area (Å²) in [6.45, 7) is 5.84. The first-order valence-electron chi connectivity index (χ1n) is 5.51. The molecule has 2 unspecified atom stereocenters. The van der Waals surface area contributed by atoms with E-state index < -0.39 is 23.2 Å². The lowest BCUT2D eigenvalue weighted by Gasteiger charge is -2.62. The van der Waals surface area contributed by atoms with Crippen LogP contribution in [0.2, 0.25) is 0 Å². The maximum atomic E-state index is 11.8. The molecule has 90 valence electrons. The van der Waals surface area contributed by atoms with Crippen molar-refractivity contribution in [3.63, 3.8) is 0 Å². The molecule has 1 saturated carbocycles. The highest BCUT2D eigenvalue weighted by Crippen LogP contribution is 2.52. The van der Waals surface area contributed by atoms with Gasteiger partial charge in [0.1, 0.15) is 11.1 Å². The van der Waals surface area contributed by atoms with Crippen molar-refractivity contribution in [1.82, 2.24) is 4.90 Å². The van der Waals surface area contributed by atoms with Gasteiger partial charge in [0.2, 0.25) is 0 Å². The number of hydrogen-bond acceptors (Lipinski definition) is 3. The van der Waals surface area contributed by atoms with Crippen LogP contribution in [0, 0.1) is 5.92 Å². The summed E-state index contributed by atoms with van der Waals surface area (Å²) in [6, 6.07) is 0. The summed E-state index contributed by atoms with van der Waals surface area (Å²) < 4.78 is 5.19. The third kappa shape index (κ3) is 1.37. The SMILES string of the molecule is CC(C)(C)OC(=O)N1CC2CCC21C(=O)O. The molecule has 2 atom stereocenters. The minimum atomic E-state index is -0.956. The van der Waals surface area contributed by atoms with E-state index in [-0.39, 0.29) is 5.92 Å². The van der Waals surface area contributed by atoms with Crippen molar-refractivity contribution >= 4 is 12.1 Å². The monoisotopic (exact) mass is 227 g/mol. The number of nitrogens with zero attached hydrogens (tertiary/aromatic N) is 1. The molecule has 0 spiro atoms. The number of hydrogen-bond donors (Lipinski definition) is 1. The Bertz CT molecular complexity index is 346. The average molecular weight is 227 g/mol. The summed E-state index contributed by atoms with van der Waals surface area (Å²) in [7, 11) is 0. The maximum Gasteiger partial charge on any atom is 0.411 e. The van der Waals surface area contributed by atoms with Gasteiger partial charge in [0, 0.05) is 12.5 Å². The third-order valence-corrected chi connectivity index (χ3v) is 3.42. The van der Waals surface area contributed by atoms with Gasteiger partial charge in [-0.2, -0.15) is 0 Å². The van der Waals surface area contributed by atoms with Gasteiger partial charge in [-0.15, -0.1) is 0 Å². The summed E-state index contributed by atoms with van der Waals surface area (Å²) >= 11 is 0. The number of likely N-dealkylation sites (tertiary alicyclic amines) is 1. The van der Waals surface area contributed by atoms with Crippen molar-refractivity contribution in [2.45, 2.75) is 44.8 Å². The molecule has 0 aromatic carbocycles. The van der Waals surface area contributed by atoms with Gasteiger partial charge in [-0.1, -0.05) is 0 Å². The number of rotatable bonds is 1. The number of carbonyl (C=O) groups is 2. The van der Waals surface area contributed by atoms with Crippen LogP contribution in [0.1, 0.15) is 33.6 Å². The third-order valence-electron chi connectivity index (χ3n) is 3.42. The first kappa shape index (κ1) is 11.2. The molecule has 1 heterocycles. The second-order valence-corrected chi connectivity index (χ2v) is 5.56. The van der Waals surface area contributed by atoms with Crippen LogP contribution in [0.15, 0.2) is 0 Å². The lowest BCUT2D eigenvalue weighted by molar-refractivity contribution is -0.190. The molecule has 1 aliphatic heterocycles. The number of aliphatic carboxylic acids is 1. The van der Waals surface area contributed by atoms with Crippen LogP contribution in [0.25, 0.3) is 0 Å². The average Bonchev–Trinajstić information content (AvgIpc) is 2.05. The molecule has 1 N–H and O–H groups in total. The van der Waals surface area contributed by atoms with Gasteiger partial charge in [-0.05, 0) is 33.6 Å². The minimum absolute atomic E-state index is 0.123. The highest BCUT2D eigenvalue weighted by molar-refractivity contribution is 5.88. The van der Waals surface area contributed by atoms with E-state index in [1.807, 2.05) is 0 Å². The zero-order valence-electron chi connectivity index (χ0n) is 9.82. The first-order chi connectivity index (χ1) is 7.27. The van der Waals surface area contributed by atoms with Crippen LogP contribution in [0.5, 0.6) is 0 Å². The van der Waals surface area contributed by atoms with Crippen molar-refractivity contribution in [2.75, 3.05) is 6.54 Å². The summed E-state index contributed by atoms with van der Waals surface area (Å²) in [5.74, 6) is -0.779. The molecule has 0 aromatic rings. The van der Waals surface area contributed by atoms with E-state index in [1.54, 1.807) is 20.8 Å². The van der Waals surface area contributed by atoms with Crippen molar-refractivity contribution in [1.29, 1.82) is 0 Å². The molecule has 0 radical (unpaired) electrons. The van der Waals surface area contributed by atoms with Gasteiger partial charge in [-0.3, -0.25) is 4.90 Å². The lowest BCUT2D eigenvalue weighted by atomic mass is 9.59. The fourth-order valence-electron chi connectivity index (χ4n) is 2.44. The van der Waals surface area contributed by atoms with Gasteiger partial charge < -0.3 is 9.84 Å². The van der Waals surface area contributed by atoms with Crippen LogP contribution in [-0.2, 0) is 9.53 Å². The van der Waals surface area contributed by atoms with Crippen LogP contribution in [0.4, 0.5) is 4.79 Å². The van der Waals surface area contributed by atoms with E-state index in [4.69, 9.17) is 4.74 Å². The predicted octanol–water partition coefficient (Wildman–Crippen LogP) is 1.47. The van der Waals surface area contributed by atoms with Gasteiger partial charge in [-0.25, -0.2) is 9.59 Å². The number of carboxylic acids is 1. The van der Waals surface area contributed by atoms with Crippen molar-refractivity contribution in [3.05, 3.63) is 0 Å². The Morgan fingerprint density at radius 3 is 2.38 bits per heavy atom. The van der Waals surface area contributed by atoms with Crippen molar-refractivity contribution in [3.8, 4) is 0 Å². The summed E-state index contributed by atoms with van der Waals surface area (Å²) in [5.41, 5.74) is -1.53. The summed E-state index contributed by atoms with van der Waals surface area (Å²) in [5, 5.41) is 9.18. The van der Waals surface area contributed by atoms with Gasteiger partial charge in [0.25, 0.3) is 0 Å². The summed E-state index contributed by atoms with van der Waals surface area (Å²) in [4.78, 5) is 24.3. The van der Waals surface area contributed by atoms with Crippen LogP contribution >= 0.6 is 0 Å². The number of carbonyl (C=O) groups excluding carboxylic acids is 1. The van der Waals surface area contributed by atoms with Gasteiger partial charge >= 0.3 is 12.1 Å². The largest absolute Gasteiger partial charge is 0.479 e. The molecule has 1 saturated heterocycles. The molecule has 1 amide bonds. The van der Waals surface area contributed by atoms with E-state index in [0.717, 1.165) is 6.42 Å². The molecule has 2 rings (SSSR count). The number of ether oxygens (including phenoxy) is 1. The van der Waals surface area contributed by atoms with E-state index in [1.165, 1.54) is 4.90 Å². The van der Waals surface area contributed by atoms with E-state index in [0.29, 0.717) is 13.0 Å². The fourth-order valence-corrected chi connectivity index (χ4v) is 2.44. The molecule has 5 nitrogen and oxygen atoms in total. The molecular formula is C11H17NO4. The molecule has 2 fully saturated rings. The van der Waals surface area contributed by atoms with Gasteiger partial charge in [0.15, 0.2) is 0 Å². The number of amides is 1. The predicted molar refractivity (Wildman–Crippen MR) is 56.0 cm³/mol. The van der Waals surface area contributed by atoms with Gasteiger partial charge in [0.05, 0.1) is 0 Å². The lowest BCUT2D eigenvalue weighted by Crippen LogP contribution is -2.78. The quantitative estimate of drug-likeness (QED) is 0.736. The standard InChI is InChI=1S/C11H17NO4/c1-10(2,3)16-9(15)12-6-7-4-5-11(7,12)8(13)14/h7H,4-6H2,1-3H3,(H,13,14). The Labute approximate surface area is 94.4 Å². The van der Waals surface area contributed by atoms with Crippen LogP contribution < -0.4 is 0 Å². The van der Waals surface area contributed by atoms with E-state index >= 15 is 0 Å². The van der Waals surface area contributed by atoms with E-state index in [9.17, 15) is 14.7 Å². The van der Waals surface area contributed by atoms with Crippen LogP contribution in [0.3, 0.4) is 0 Å². The number of carboxylic acid groups (broad SMARTS) is 1. The molecule has 1 aliphatic carbocycles. The molecule has 2 aliphatic rings. The zero-order chi connectivity index (χ0) is 12.1. The molecular weight excluding hydrogens is 210 g/mol. The summed E-state index contributed by atoms with van der Waals surface area (Å²) in [6.07, 6.45) is 0.934. The molecule has 0 aromatic heterocycles. The van der Waals surface area contributed by atoms with E-state index in [2.05, 4.69) is 0 Å². The normalized spacial score (nSPS) is 32.2. The Kier molecular flexibility index (Phi) is 2.19. The second kappa shape index (κ2) is 3.12. The number of fused-ring (bicyclic) bond motifs is 1. The first-order valence-corrected chi connectivity index (χ1v) is 5.51. The maximum absolute atomic E-state index is 11.8. The highest BCUT2D eigenvalue weighted by Gasteiger charge is 2.67. The molecule has 16 heavy (non-hydrogen) atoms. The van der Waals surface area contributed by atoms with Crippen molar-refractivity contribution in [2.24, 2.45) is 5.92 Å². The zero-order valence-corrected chi connectivity index (χ0v) is 9.82. The Hall–Kier alpha value is -1.26. The number of piperidine rings is 1. The topological polar surface area (TPSA) is 66.8 Å². The fraction of sp³-hybridized carbons (Fsp3) is 0.818. The Morgan fingerprint density at radius 2 is 2.06 bits per heavy atom. The van der Waals surface area contributed by atoms with Crippen molar-refractivity contribution < 1.29 is 19.4 Å². The molecule has 5 heteroatoms. The Balaban J connectivity index is 2.07. The smallest absolute Gasteiger partial charge is 0.411 e. The Morgan fingerprint density at radius 1 is 1.44 bits per heavy atom.